The lowest BCUT2D eigenvalue weighted by molar-refractivity contribution is 0.00578. The summed E-state index contributed by atoms with van der Waals surface area (Å²) in [6, 6.07) is 0. The molecular formula is C16H29BO3Si. The highest BCUT2D eigenvalue weighted by Gasteiger charge is 2.54. The first-order valence-electron chi connectivity index (χ1n) is 8.37. The Morgan fingerprint density at radius 3 is 2.24 bits per heavy atom. The van der Waals surface area contributed by atoms with Crippen LogP contribution in [0.15, 0.2) is 11.5 Å². The molecule has 1 atom stereocenters. The Labute approximate surface area is 132 Å². The van der Waals surface area contributed by atoms with Gasteiger partial charge in [-0.1, -0.05) is 18.9 Å². The second kappa shape index (κ2) is 5.22. The molecular weight excluding hydrogens is 279 g/mol. The summed E-state index contributed by atoms with van der Waals surface area (Å²) in [6.45, 7) is 8.52. The molecule has 3 aliphatic rings. The number of hydrogen-bond acceptors (Lipinski definition) is 3. The van der Waals surface area contributed by atoms with Gasteiger partial charge in [0.15, 0.2) is 0 Å². The third-order valence-corrected chi connectivity index (χ3v) is 6.84. The normalized spacial score (nSPS) is 33.6. The molecule has 1 aliphatic heterocycles. The van der Waals surface area contributed by atoms with E-state index in [-0.39, 0.29) is 18.3 Å². The Balaban J connectivity index is 1.80. The molecule has 5 heteroatoms. The van der Waals surface area contributed by atoms with E-state index in [1.807, 2.05) is 0 Å². The maximum absolute atomic E-state index is 6.25. The van der Waals surface area contributed by atoms with Crippen LogP contribution in [0.1, 0.15) is 66.2 Å². The van der Waals surface area contributed by atoms with Crippen LogP contribution in [0.25, 0.3) is 0 Å². The van der Waals surface area contributed by atoms with Crippen molar-refractivity contribution in [3.63, 3.8) is 0 Å². The van der Waals surface area contributed by atoms with Gasteiger partial charge in [0.05, 0.1) is 17.3 Å². The molecule has 0 amide bonds. The van der Waals surface area contributed by atoms with Gasteiger partial charge in [0.1, 0.15) is 10.5 Å². The van der Waals surface area contributed by atoms with E-state index in [1.165, 1.54) is 31.2 Å². The number of allylic oxidation sites excluding steroid dienone is 1. The number of hydrogen-bond donors (Lipinski definition) is 0. The van der Waals surface area contributed by atoms with Crippen LogP contribution in [0.2, 0.25) is 0 Å². The fourth-order valence-corrected chi connectivity index (χ4v) is 4.89. The van der Waals surface area contributed by atoms with Crippen molar-refractivity contribution in [2.24, 2.45) is 5.41 Å². The van der Waals surface area contributed by atoms with Crippen molar-refractivity contribution in [2.75, 3.05) is 0 Å². The van der Waals surface area contributed by atoms with Crippen LogP contribution >= 0.6 is 0 Å². The second-order valence-electron chi connectivity index (χ2n) is 8.07. The molecule has 118 valence electrons. The van der Waals surface area contributed by atoms with E-state index in [0.29, 0.717) is 11.5 Å². The molecule has 1 saturated heterocycles. The molecule has 3 rings (SSSR count). The largest absolute Gasteiger partial charge is 0.490 e. The molecule has 0 N–H and O–H groups in total. The predicted octanol–water partition coefficient (Wildman–Crippen LogP) is 2.56. The van der Waals surface area contributed by atoms with E-state index in [4.69, 9.17) is 13.7 Å². The van der Waals surface area contributed by atoms with Crippen LogP contribution in [-0.4, -0.2) is 34.9 Å². The first-order chi connectivity index (χ1) is 9.80. The molecule has 0 radical (unpaired) electrons. The van der Waals surface area contributed by atoms with Gasteiger partial charge in [-0.15, -0.1) is 0 Å². The third-order valence-electron chi connectivity index (χ3n) is 6.27. The summed E-state index contributed by atoms with van der Waals surface area (Å²) >= 11 is 0. The van der Waals surface area contributed by atoms with Crippen molar-refractivity contribution in [3.05, 3.63) is 11.5 Å². The Morgan fingerprint density at radius 1 is 1.14 bits per heavy atom. The van der Waals surface area contributed by atoms with Gasteiger partial charge in [-0.25, -0.2) is 0 Å². The van der Waals surface area contributed by atoms with E-state index in [1.54, 1.807) is 0 Å². The molecule has 0 bridgehead atoms. The third kappa shape index (κ3) is 2.56. The minimum Gasteiger partial charge on any atom is -0.424 e. The molecule has 0 aromatic heterocycles. The van der Waals surface area contributed by atoms with Gasteiger partial charge in [0, 0.05) is 0 Å². The molecule has 1 spiro atoms. The smallest absolute Gasteiger partial charge is 0.424 e. The summed E-state index contributed by atoms with van der Waals surface area (Å²) in [6.07, 6.45) is 10.2. The van der Waals surface area contributed by atoms with Crippen molar-refractivity contribution in [1.29, 1.82) is 0 Å². The molecule has 1 saturated carbocycles. The van der Waals surface area contributed by atoms with Gasteiger partial charge in [-0.2, -0.15) is 0 Å². The lowest BCUT2D eigenvalue weighted by Gasteiger charge is -2.41. The van der Waals surface area contributed by atoms with E-state index in [9.17, 15) is 0 Å². The average molecular weight is 308 g/mol. The van der Waals surface area contributed by atoms with E-state index in [0.717, 1.165) is 23.3 Å². The van der Waals surface area contributed by atoms with Crippen LogP contribution in [-0.2, 0) is 13.7 Å². The number of rotatable bonds is 2. The monoisotopic (exact) mass is 308 g/mol. The zero-order chi connectivity index (χ0) is 15.3. The lowest BCUT2D eigenvalue weighted by Crippen LogP contribution is -2.41. The molecule has 21 heavy (non-hydrogen) atoms. The zero-order valence-electron chi connectivity index (χ0n) is 14.2. The minimum absolute atomic E-state index is 0.164. The molecule has 1 unspecified atom stereocenters. The Bertz CT molecular complexity index is 425. The van der Waals surface area contributed by atoms with Gasteiger partial charge in [0.25, 0.3) is 0 Å². The van der Waals surface area contributed by atoms with Gasteiger partial charge in [-0.05, 0) is 64.3 Å². The fourth-order valence-electron chi connectivity index (χ4n) is 4.20. The van der Waals surface area contributed by atoms with E-state index < -0.39 is 0 Å². The van der Waals surface area contributed by atoms with Crippen LogP contribution < -0.4 is 0 Å². The van der Waals surface area contributed by atoms with E-state index in [2.05, 4.69) is 33.8 Å². The SMILES string of the molecule is CC1(C)OB(C2=CCC(O[SiH3])C3(CCCC3)C2)OC1(C)C. The molecule has 0 aromatic rings. The Morgan fingerprint density at radius 2 is 1.71 bits per heavy atom. The van der Waals surface area contributed by atoms with Crippen molar-refractivity contribution in [2.45, 2.75) is 83.5 Å². The lowest BCUT2D eigenvalue weighted by atomic mass is 9.61. The maximum atomic E-state index is 6.25. The standard InChI is InChI=1S/C16H29BO3Si/c1-14(2)15(3,4)20-17(19-14)12-7-8-13(18-21)16(11-12)9-5-6-10-16/h7,13H,5-6,8-11H2,1-4,21H3. The Hall–Kier alpha value is -0.0982. The van der Waals surface area contributed by atoms with Crippen molar-refractivity contribution in [1.82, 2.24) is 0 Å². The fraction of sp³-hybridized carbons (Fsp3) is 0.875. The summed E-state index contributed by atoms with van der Waals surface area (Å²) in [5.41, 5.74) is 1.22. The zero-order valence-corrected chi connectivity index (χ0v) is 16.2. The Kier molecular flexibility index (Phi) is 3.92. The topological polar surface area (TPSA) is 27.7 Å². The highest BCUT2D eigenvalue weighted by Crippen LogP contribution is 2.52. The van der Waals surface area contributed by atoms with Gasteiger partial charge in [0.2, 0.25) is 0 Å². The molecule has 1 heterocycles. The summed E-state index contributed by atoms with van der Waals surface area (Å²) < 4.78 is 18.4. The van der Waals surface area contributed by atoms with Gasteiger partial charge in [-0.3, -0.25) is 0 Å². The van der Waals surface area contributed by atoms with Crippen LogP contribution in [0, 0.1) is 5.41 Å². The first-order valence-corrected chi connectivity index (χ1v) is 9.19. The molecule has 2 aliphatic carbocycles. The quantitative estimate of drug-likeness (QED) is 0.734. The minimum atomic E-state index is -0.244. The van der Waals surface area contributed by atoms with Crippen LogP contribution in [0.3, 0.4) is 0 Å². The molecule has 3 nitrogen and oxygen atoms in total. The van der Waals surface area contributed by atoms with Crippen molar-refractivity contribution >= 4 is 17.6 Å². The predicted molar refractivity (Wildman–Crippen MR) is 89.1 cm³/mol. The average Bonchev–Trinajstić information content (AvgIpc) is 2.93. The highest BCUT2D eigenvalue weighted by molar-refractivity contribution is 6.54. The van der Waals surface area contributed by atoms with Crippen LogP contribution in [0.4, 0.5) is 0 Å². The van der Waals surface area contributed by atoms with Crippen molar-refractivity contribution < 1.29 is 13.7 Å². The summed E-state index contributed by atoms with van der Waals surface area (Å²) in [4.78, 5) is 0. The van der Waals surface area contributed by atoms with E-state index >= 15 is 0 Å². The van der Waals surface area contributed by atoms with Gasteiger partial charge < -0.3 is 13.7 Å². The first kappa shape index (κ1) is 15.8. The maximum Gasteiger partial charge on any atom is 0.490 e. The van der Waals surface area contributed by atoms with Crippen molar-refractivity contribution in [3.8, 4) is 0 Å². The van der Waals surface area contributed by atoms with Gasteiger partial charge >= 0.3 is 7.12 Å². The summed E-state index contributed by atoms with van der Waals surface area (Å²) in [5.74, 6) is 0. The summed E-state index contributed by atoms with van der Waals surface area (Å²) in [5, 5.41) is 0. The molecule has 2 fully saturated rings. The highest BCUT2D eigenvalue weighted by atomic mass is 28.2. The molecule has 0 aromatic carbocycles. The summed E-state index contributed by atoms with van der Waals surface area (Å²) in [7, 11) is 0.670. The second-order valence-corrected chi connectivity index (χ2v) is 8.54. The van der Waals surface area contributed by atoms with Crippen LogP contribution in [0.5, 0.6) is 0 Å².